The lowest BCUT2D eigenvalue weighted by atomic mass is 9.88. The minimum atomic E-state index is -0.0110. The lowest BCUT2D eigenvalue weighted by Gasteiger charge is -2.48. The van der Waals surface area contributed by atoms with E-state index in [0.29, 0.717) is 5.92 Å². The second-order valence-electron chi connectivity index (χ2n) is 5.03. The number of aromatic nitrogens is 2. The molecule has 2 N–H and O–H groups in total. The third-order valence-corrected chi connectivity index (χ3v) is 3.30. The lowest BCUT2D eigenvalue weighted by Crippen LogP contribution is -2.67. The fourth-order valence-electron chi connectivity index (χ4n) is 1.95. The van der Waals surface area contributed by atoms with E-state index in [-0.39, 0.29) is 5.54 Å². The van der Waals surface area contributed by atoms with Crippen molar-refractivity contribution in [2.75, 3.05) is 18.0 Å². The van der Waals surface area contributed by atoms with Crippen LogP contribution in [0.5, 0.6) is 0 Å². The molecule has 0 unspecified atom stereocenters. The molecule has 0 aliphatic carbocycles. The molecule has 1 aromatic rings. The monoisotopic (exact) mass is 220 g/mol. The fraction of sp³-hybridized carbons (Fsp3) is 0.667. The molecule has 0 atom stereocenters. The van der Waals surface area contributed by atoms with Crippen LogP contribution in [0, 0.1) is 0 Å². The van der Waals surface area contributed by atoms with Crippen LogP contribution in [-0.2, 0) is 0 Å². The molecule has 1 saturated heterocycles. The third-order valence-electron chi connectivity index (χ3n) is 3.30. The van der Waals surface area contributed by atoms with Crippen LogP contribution in [0.1, 0.15) is 38.8 Å². The zero-order chi connectivity index (χ0) is 11.8. The predicted molar refractivity (Wildman–Crippen MR) is 65.5 cm³/mol. The van der Waals surface area contributed by atoms with Gasteiger partial charge in [-0.1, -0.05) is 20.8 Å². The van der Waals surface area contributed by atoms with Gasteiger partial charge in [-0.2, -0.15) is 0 Å². The molecule has 2 heterocycles. The number of anilines is 1. The molecule has 4 heteroatoms. The summed E-state index contributed by atoms with van der Waals surface area (Å²) in [6.07, 6.45) is 2.67. The summed E-state index contributed by atoms with van der Waals surface area (Å²) in [5, 5.41) is 0. The van der Waals surface area contributed by atoms with E-state index < -0.39 is 0 Å². The van der Waals surface area contributed by atoms with Gasteiger partial charge in [0, 0.05) is 24.8 Å². The largest absolute Gasteiger partial charge is 0.353 e. The van der Waals surface area contributed by atoms with Gasteiger partial charge in [-0.05, 0) is 12.3 Å². The van der Waals surface area contributed by atoms with Crippen LogP contribution in [0.3, 0.4) is 0 Å². The summed E-state index contributed by atoms with van der Waals surface area (Å²) in [5.74, 6) is 1.45. The van der Waals surface area contributed by atoms with E-state index >= 15 is 0 Å². The Balaban J connectivity index is 2.09. The van der Waals surface area contributed by atoms with Gasteiger partial charge < -0.3 is 10.6 Å². The third kappa shape index (κ3) is 2.02. The van der Waals surface area contributed by atoms with E-state index in [1.165, 1.54) is 0 Å². The number of hydrogen-bond donors (Lipinski definition) is 1. The minimum Gasteiger partial charge on any atom is -0.353 e. The molecule has 1 aliphatic rings. The van der Waals surface area contributed by atoms with Crippen molar-refractivity contribution in [2.24, 2.45) is 5.73 Å². The van der Waals surface area contributed by atoms with Crippen molar-refractivity contribution in [2.45, 2.75) is 38.6 Å². The maximum atomic E-state index is 6.14. The second kappa shape index (κ2) is 4.01. The van der Waals surface area contributed by atoms with Crippen molar-refractivity contribution >= 4 is 5.82 Å². The molecule has 4 nitrogen and oxygen atoms in total. The Hall–Kier alpha value is -1.16. The molecule has 0 radical (unpaired) electrons. The molecule has 0 bridgehead atoms. The number of rotatable bonds is 3. The minimum absolute atomic E-state index is 0.0110. The van der Waals surface area contributed by atoms with Crippen LogP contribution in [0.2, 0.25) is 0 Å². The Morgan fingerprint density at radius 3 is 2.69 bits per heavy atom. The smallest absolute Gasteiger partial charge is 0.132 e. The summed E-state index contributed by atoms with van der Waals surface area (Å²) in [6, 6.07) is 2.07. The maximum Gasteiger partial charge on any atom is 0.132 e. The van der Waals surface area contributed by atoms with Gasteiger partial charge in [-0.25, -0.2) is 9.97 Å². The van der Waals surface area contributed by atoms with Crippen LogP contribution in [0.25, 0.3) is 0 Å². The number of nitrogens with two attached hydrogens (primary N) is 1. The standard InChI is InChI=1S/C12H20N4/c1-4-12(13)6-16(7-12)11-5-10(9(2)3)14-8-15-11/h5,8-9H,4,6-7,13H2,1-3H3. The van der Waals surface area contributed by atoms with Crippen molar-refractivity contribution in [1.82, 2.24) is 9.97 Å². The molecule has 1 aromatic heterocycles. The average molecular weight is 220 g/mol. The zero-order valence-corrected chi connectivity index (χ0v) is 10.3. The summed E-state index contributed by atoms with van der Waals surface area (Å²) < 4.78 is 0. The van der Waals surface area contributed by atoms with E-state index in [1.807, 2.05) is 0 Å². The summed E-state index contributed by atoms with van der Waals surface area (Å²) in [7, 11) is 0. The Labute approximate surface area is 96.9 Å². The van der Waals surface area contributed by atoms with Crippen molar-refractivity contribution in [1.29, 1.82) is 0 Å². The number of nitrogens with zero attached hydrogens (tertiary/aromatic N) is 3. The van der Waals surface area contributed by atoms with E-state index in [2.05, 4.69) is 41.7 Å². The predicted octanol–water partition coefficient (Wildman–Crippen LogP) is 1.53. The molecule has 88 valence electrons. The van der Waals surface area contributed by atoms with Gasteiger partial charge in [0.1, 0.15) is 12.1 Å². The normalized spacial score (nSPS) is 18.7. The molecule has 1 aliphatic heterocycles. The van der Waals surface area contributed by atoms with Gasteiger partial charge >= 0.3 is 0 Å². The summed E-state index contributed by atoms with van der Waals surface area (Å²) in [6.45, 7) is 8.22. The molecule has 0 amide bonds. The lowest BCUT2D eigenvalue weighted by molar-refractivity contribution is 0.320. The number of hydrogen-bond acceptors (Lipinski definition) is 4. The summed E-state index contributed by atoms with van der Waals surface area (Å²) >= 11 is 0. The van der Waals surface area contributed by atoms with Gasteiger partial charge in [0.2, 0.25) is 0 Å². The van der Waals surface area contributed by atoms with Crippen LogP contribution in [-0.4, -0.2) is 28.6 Å². The first-order chi connectivity index (χ1) is 7.54. The van der Waals surface area contributed by atoms with Gasteiger partial charge in [-0.3, -0.25) is 0 Å². The summed E-state index contributed by atoms with van der Waals surface area (Å²) in [5.41, 5.74) is 7.23. The van der Waals surface area contributed by atoms with E-state index in [9.17, 15) is 0 Å². The Kier molecular flexibility index (Phi) is 2.84. The molecule has 2 rings (SSSR count). The summed E-state index contributed by atoms with van der Waals surface area (Å²) in [4.78, 5) is 10.8. The molecule has 0 saturated carbocycles. The van der Waals surface area contributed by atoms with Crippen molar-refractivity contribution in [3.8, 4) is 0 Å². The van der Waals surface area contributed by atoms with E-state index in [1.54, 1.807) is 6.33 Å². The van der Waals surface area contributed by atoms with Gasteiger partial charge in [0.25, 0.3) is 0 Å². The molecule has 0 spiro atoms. The van der Waals surface area contributed by atoms with Gasteiger partial charge in [-0.15, -0.1) is 0 Å². The van der Waals surface area contributed by atoms with Gasteiger partial charge in [0.05, 0.1) is 5.54 Å². The van der Waals surface area contributed by atoms with E-state index in [4.69, 9.17) is 5.73 Å². The molecular weight excluding hydrogens is 200 g/mol. The topological polar surface area (TPSA) is 55.0 Å². The van der Waals surface area contributed by atoms with Gasteiger partial charge in [0.15, 0.2) is 0 Å². The molecule has 0 aromatic carbocycles. The SMILES string of the molecule is CCC1(N)CN(c2cc(C(C)C)ncn2)C1. The molecule has 16 heavy (non-hydrogen) atoms. The first-order valence-electron chi connectivity index (χ1n) is 5.90. The van der Waals surface area contributed by atoms with Crippen LogP contribution < -0.4 is 10.6 Å². The van der Waals surface area contributed by atoms with Crippen LogP contribution >= 0.6 is 0 Å². The quantitative estimate of drug-likeness (QED) is 0.839. The Morgan fingerprint density at radius 2 is 2.12 bits per heavy atom. The first kappa shape index (κ1) is 11.3. The highest BCUT2D eigenvalue weighted by Crippen LogP contribution is 2.27. The maximum absolute atomic E-state index is 6.14. The van der Waals surface area contributed by atoms with Crippen LogP contribution in [0.15, 0.2) is 12.4 Å². The Morgan fingerprint density at radius 1 is 1.44 bits per heavy atom. The molecular formula is C12H20N4. The average Bonchev–Trinajstić information content (AvgIpc) is 2.25. The second-order valence-corrected chi connectivity index (χ2v) is 5.03. The Bertz CT molecular complexity index is 369. The van der Waals surface area contributed by atoms with Crippen molar-refractivity contribution in [3.63, 3.8) is 0 Å². The fourth-order valence-corrected chi connectivity index (χ4v) is 1.95. The zero-order valence-electron chi connectivity index (χ0n) is 10.3. The van der Waals surface area contributed by atoms with Crippen LogP contribution in [0.4, 0.5) is 5.82 Å². The highest BCUT2D eigenvalue weighted by molar-refractivity contribution is 5.45. The molecule has 1 fully saturated rings. The highest BCUT2D eigenvalue weighted by atomic mass is 15.3. The van der Waals surface area contributed by atoms with Crippen molar-refractivity contribution in [3.05, 3.63) is 18.1 Å². The van der Waals surface area contributed by atoms with E-state index in [0.717, 1.165) is 31.0 Å². The highest BCUT2D eigenvalue weighted by Gasteiger charge is 2.38. The van der Waals surface area contributed by atoms with Crippen molar-refractivity contribution < 1.29 is 0 Å². The first-order valence-corrected chi connectivity index (χ1v) is 5.90.